The molecule has 0 aromatic heterocycles. The van der Waals surface area contributed by atoms with Crippen molar-refractivity contribution in [3.05, 3.63) is 59.8 Å². The van der Waals surface area contributed by atoms with E-state index in [-0.39, 0.29) is 11.6 Å². The summed E-state index contributed by atoms with van der Waals surface area (Å²) in [7, 11) is 3.04. The van der Waals surface area contributed by atoms with Gasteiger partial charge in [-0.2, -0.15) is 0 Å². The molecule has 2 amide bonds. The summed E-state index contributed by atoms with van der Waals surface area (Å²) in [6.45, 7) is 1.35. The van der Waals surface area contributed by atoms with Crippen molar-refractivity contribution in [3.63, 3.8) is 0 Å². The van der Waals surface area contributed by atoms with Crippen LogP contribution in [0.5, 0.6) is 11.5 Å². The third-order valence-corrected chi connectivity index (χ3v) is 3.32. The van der Waals surface area contributed by atoms with Crippen molar-refractivity contribution in [2.24, 2.45) is 0 Å². The third-order valence-electron chi connectivity index (χ3n) is 3.32. The van der Waals surface area contributed by atoms with Crippen molar-refractivity contribution in [1.29, 1.82) is 0 Å². The minimum atomic E-state index is -0.467. The van der Waals surface area contributed by atoms with E-state index in [0.717, 1.165) is 5.56 Å². The summed E-state index contributed by atoms with van der Waals surface area (Å²) in [4.78, 5) is 24.1. The van der Waals surface area contributed by atoms with Crippen LogP contribution in [0.25, 0.3) is 6.08 Å². The largest absolute Gasteiger partial charge is 0.497 e. The predicted molar refractivity (Wildman–Crippen MR) is 96.4 cm³/mol. The molecule has 25 heavy (non-hydrogen) atoms. The molecule has 130 valence electrons. The summed E-state index contributed by atoms with van der Waals surface area (Å²) in [5, 5.41) is 5.29. The molecular weight excluding hydrogens is 320 g/mol. The number of carbonyl (C=O) groups is 2. The lowest BCUT2D eigenvalue weighted by Crippen LogP contribution is -2.29. The lowest BCUT2D eigenvalue weighted by molar-refractivity contribution is -0.120. The fourth-order valence-corrected chi connectivity index (χ4v) is 2.17. The van der Waals surface area contributed by atoms with E-state index in [4.69, 9.17) is 9.47 Å². The molecule has 2 aromatic rings. The highest BCUT2D eigenvalue weighted by Crippen LogP contribution is 2.29. The summed E-state index contributed by atoms with van der Waals surface area (Å²) < 4.78 is 10.4. The van der Waals surface area contributed by atoms with Crippen LogP contribution in [0.3, 0.4) is 0 Å². The predicted octanol–water partition coefficient (Wildman–Crippen LogP) is 2.82. The van der Waals surface area contributed by atoms with Gasteiger partial charge in [0.05, 0.1) is 19.9 Å². The first-order valence-corrected chi connectivity index (χ1v) is 7.61. The molecule has 0 unspecified atom stereocenters. The van der Waals surface area contributed by atoms with E-state index in [1.807, 2.05) is 30.3 Å². The van der Waals surface area contributed by atoms with Crippen molar-refractivity contribution in [1.82, 2.24) is 5.32 Å². The topological polar surface area (TPSA) is 76.7 Å². The number of hydrogen-bond acceptors (Lipinski definition) is 4. The molecule has 2 aromatic carbocycles. The molecule has 0 aliphatic carbocycles. The molecule has 0 radical (unpaired) electrons. The second kappa shape index (κ2) is 8.54. The Kier molecular flexibility index (Phi) is 6.17. The molecule has 0 saturated carbocycles. The van der Waals surface area contributed by atoms with Crippen LogP contribution in [-0.4, -0.2) is 26.0 Å². The number of rotatable bonds is 6. The molecule has 0 bridgehead atoms. The van der Waals surface area contributed by atoms with E-state index in [9.17, 15) is 9.59 Å². The number of hydrogen-bond donors (Lipinski definition) is 2. The van der Waals surface area contributed by atoms with Gasteiger partial charge in [0.1, 0.15) is 17.2 Å². The number of ether oxygens (including phenoxy) is 2. The number of anilines is 1. The van der Waals surface area contributed by atoms with Gasteiger partial charge in [-0.05, 0) is 23.8 Å². The Bertz CT molecular complexity index is 785. The van der Waals surface area contributed by atoms with E-state index in [1.54, 1.807) is 24.3 Å². The van der Waals surface area contributed by atoms with Crippen LogP contribution >= 0.6 is 0 Å². The maximum absolute atomic E-state index is 12.6. The van der Waals surface area contributed by atoms with Crippen LogP contribution < -0.4 is 20.1 Å². The first kappa shape index (κ1) is 18.1. The molecule has 0 spiro atoms. The zero-order valence-electron chi connectivity index (χ0n) is 14.3. The van der Waals surface area contributed by atoms with E-state index in [0.29, 0.717) is 17.2 Å². The molecule has 6 heteroatoms. The Labute approximate surface area is 146 Å². The average molecular weight is 340 g/mol. The summed E-state index contributed by atoms with van der Waals surface area (Å²) in [6, 6.07) is 14.3. The fraction of sp³-hybridized carbons (Fsp3) is 0.158. The van der Waals surface area contributed by atoms with E-state index >= 15 is 0 Å². The number of nitrogens with one attached hydrogen (secondary N) is 2. The summed E-state index contributed by atoms with van der Waals surface area (Å²) in [5.41, 5.74) is 1.36. The highest BCUT2D eigenvalue weighted by molar-refractivity contribution is 6.09. The van der Waals surface area contributed by atoms with E-state index < -0.39 is 5.91 Å². The molecule has 0 aliphatic heterocycles. The second-order valence-corrected chi connectivity index (χ2v) is 5.17. The minimum Gasteiger partial charge on any atom is -0.497 e. The van der Waals surface area contributed by atoms with Crippen molar-refractivity contribution in [2.75, 3.05) is 19.5 Å². The standard InChI is InChI=1S/C19H20N2O4/c1-13(22)20-17(11-14-7-5-4-6-8-14)19(23)21-16-12-15(24-2)9-10-18(16)25-3/h4-12H,1-3H3,(H,20,22)(H,21,23)/b17-11+. The molecule has 6 nitrogen and oxygen atoms in total. The first-order valence-electron chi connectivity index (χ1n) is 7.61. The van der Waals surface area contributed by atoms with Crippen LogP contribution in [0.4, 0.5) is 5.69 Å². The van der Waals surface area contributed by atoms with E-state index in [2.05, 4.69) is 10.6 Å². The average Bonchev–Trinajstić information content (AvgIpc) is 2.61. The minimum absolute atomic E-state index is 0.128. The summed E-state index contributed by atoms with van der Waals surface area (Å²) in [6.07, 6.45) is 1.60. The van der Waals surface area contributed by atoms with Crippen LogP contribution in [0, 0.1) is 0 Å². The Morgan fingerprint density at radius 3 is 2.32 bits per heavy atom. The zero-order valence-corrected chi connectivity index (χ0v) is 14.3. The molecular formula is C19H20N2O4. The molecule has 0 aliphatic rings. The van der Waals surface area contributed by atoms with Gasteiger partial charge in [-0.3, -0.25) is 9.59 Å². The van der Waals surface area contributed by atoms with Gasteiger partial charge in [-0.1, -0.05) is 30.3 Å². The number of carbonyl (C=O) groups excluding carboxylic acids is 2. The molecule has 0 saturated heterocycles. The summed E-state index contributed by atoms with van der Waals surface area (Å²) >= 11 is 0. The van der Waals surface area contributed by atoms with Crippen molar-refractivity contribution < 1.29 is 19.1 Å². The van der Waals surface area contributed by atoms with Gasteiger partial charge >= 0.3 is 0 Å². The first-order chi connectivity index (χ1) is 12.0. The maximum atomic E-state index is 12.6. The Morgan fingerprint density at radius 1 is 1.00 bits per heavy atom. The monoisotopic (exact) mass is 340 g/mol. The second-order valence-electron chi connectivity index (χ2n) is 5.17. The molecule has 0 fully saturated rings. The van der Waals surface area contributed by atoms with Crippen LogP contribution in [0.1, 0.15) is 12.5 Å². The van der Waals surface area contributed by atoms with Gasteiger partial charge in [0.15, 0.2) is 0 Å². The lowest BCUT2D eigenvalue weighted by Gasteiger charge is -2.13. The van der Waals surface area contributed by atoms with Gasteiger partial charge in [0.25, 0.3) is 5.91 Å². The van der Waals surface area contributed by atoms with Gasteiger partial charge < -0.3 is 20.1 Å². The molecule has 2 N–H and O–H groups in total. The lowest BCUT2D eigenvalue weighted by atomic mass is 10.2. The van der Waals surface area contributed by atoms with Gasteiger partial charge in [-0.25, -0.2) is 0 Å². The maximum Gasteiger partial charge on any atom is 0.272 e. The number of methoxy groups -OCH3 is 2. The molecule has 2 rings (SSSR count). The zero-order chi connectivity index (χ0) is 18.2. The third kappa shape index (κ3) is 5.10. The fourth-order valence-electron chi connectivity index (χ4n) is 2.17. The Balaban J connectivity index is 2.31. The van der Waals surface area contributed by atoms with Crippen LogP contribution in [-0.2, 0) is 9.59 Å². The Morgan fingerprint density at radius 2 is 1.72 bits per heavy atom. The van der Waals surface area contributed by atoms with Gasteiger partial charge in [0.2, 0.25) is 5.91 Å². The summed E-state index contributed by atoms with van der Waals surface area (Å²) in [5.74, 6) is 0.251. The van der Waals surface area contributed by atoms with E-state index in [1.165, 1.54) is 21.1 Å². The molecule has 0 heterocycles. The smallest absolute Gasteiger partial charge is 0.272 e. The van der Waals surface area contributed by atoms with Crippen LogP contribution in [0.15, 0.2) is 54.2 Å². The van der Waals surface area contributed by atoms with Gasteiger partial charge in [0, 0.05) is 13.0 Å². The van der Waals surface area contributed by atoms with Crippen molar-refractivity contribution >= 4 is 23.6 Å². The quantitative estimate of drug-likeness (QED) is 0.793. The Hall–Kier alpha value is -3.28. The SMILES string of the molecule is COc1ccc(OC)c(NC(=O)/C(=C\c2ccccc2)NC(C)=O)c1. The molecule has 0 atom stereocenters. The van der Waals surface area contributed by atoms with Crippen LogP contribution in [0.2, 0.25) is 0 Å². The van der Waals surface area contributed by atoms with Gasteiger partial charge in [-0.15, -0.1) is 0 Å². The number of amides is 2. The van der Waals surface area contributed by atoms with Crippen molar-refractivity contribution in [3.8, 4) is 11.5 Å². The highest BCUT2D eigenvalue weighted by Gasteiger charge is 2.14. The highest BCUT2D eigenvalue weighted by atomic mass is 16.5. The number of benzene rings is 2. The normalized spacial score (nSPS) is 10.8. The van der Waals surface area contributed by atoms with Crippen molar-refractivity contribution in [2.45, 2.75) is 6.92 Å².